The lowest BCUT2D eigenvalue weighted by molar-refractivity contribution is -0.119. The molecule has 90 valence electrons. The zero-order valence-electron chi connectivity index (χ0n) is 10.6. The molecule has 0 radical (unpaired) electrons. The van der Waals surface area contributed by atoms with Crippen LogP contribution in [0, 0.1) is 0 Å². The van der Waals surface area contributed by atoms with Crippen LogP contribution in [0.1, 0.15) is 26.3 Å². The molecule has 2 N–H and O–H groups in total. The smallest absolute Gasteiger partial charge is 0.234 e. The highest BCUT2D eigenvalue weighted by Crippen LogP contribution is 2.38. The van der Waals surface area contributed by atoms with Crippen LogP contribution in [-0.4, -0.2) is 18.8 Å². The maximum absolute atomic E-state index is 11.8. The third-order valence-electron chi connectivity index (χ3n) is 3.17. The minimum atomic E-state index is -0.443. The van der Waals surface area contributed by atoms with Crippen molar-refractivity contribution < 1.29 is 4.79 Å². The minimum absolute atomic E-state index is 0.0468. The van der Waals surface area contributed by atoms with E-state index in [4.69, 9.17) is 0 Å². The van der Waals surface area contributed by atoms with Gasteiger partial charge in [-0.1, -0.05) is 6.07 Å². The molecule has 0 saturated carbocycles. The SMILES string of the molecule is CN=C(C)Nc1ccc2c(c1)NC(=O)C2(C)C. The van der Waals surface area contributed by atoms with Gasteiger partial charge in [-0.05, 0) is 38.5 Å². The van der Waals surface area contributed by atoms with Gasteiger partial charge in [0, 0.05) is 18.4 Å². The number of hydrogen-bond acceptors (Lipinski definition) is 2. The van der Waals surface area contributed by atoms with Crippen LogP contribution in [0.25, 0.3) is 0 Å². The van der Waals surface area contributed by atoms with Crippen molar-refractivity contribution in [2.75, 3.05) is 17.7 Å². The molecule has 1 aliphatic heterocycles. The molecular formula is C13H17N3O. The molecule has 1 aromatic rings. The highest BCUT2D eigenvalue weighted by atomic mass is 16.2. The fourth-order valence-corrected chi connectivity index (χ4v) is 1.94. The van der Waals surface area contributed by atoms with Gasteiger partial charge in [-0.3, -0.25) is 9.79 Å². The van der Waals surface area contributed by atoms with Crippen molar-refractivity contribution in [3.63, 3.8) is 0 Å². The van der Waals surface area contributed by atoms with Crippen LogP contribution in [0.5, 0.6) is 0 Å². The Balaban J connectivity index is 2.35. The van der Waals surface area contributed by atoms with E-state index < -0.39 is 5.41 Å². The van der Waals surface area contributed by atoms with E-state index in [0.29, 0.717) is 0 Å². The van der Waals surface area contributed by atoms with E-state index in [1.165, 1.54) is 0 Å². The summed E-state index contributed by atoms with van der Waals surface area (Å²) in [5, 5.41) is 6.06. The largest absolute Gasteiger partial charge is 0.344 e. The molecule has 1 aliphatic rings. The Hall–Kier alpha value is -1.84. The Labute approximate surface area is 101 Å². The van der Waals surface area contributed by atoms with Gasteiger partial charge in [-0.15, -0.1) is 0 Å². The Morgan fingerprint density at radius 2 is 2.12 bits per heavy atom. The molecule has 4 nitrogen and oxygen atoms in total. The second-order valence-corrected chi connectivity index (χ2v) is 4.77. The molecule has 2 rings (SSSR count). The molecule has 17 heavy (non-hydrogen) atoms. The average molecular weight is 231 g/mol. The average Bonchev–Trinajstić information content (AvgIpc) is 2.49. The summed E-state index contributed by atoms with van der Waals surface area (Å²) in [5.74, 6) is 0.888. The number of hydrogen-bond donors (Lipinski definition) is 2. The van der Waals surface area contributed by atoms with Crippen LogP contribution in [0.2, 0.25) is 0 Å². The summed E-state index contributed by atoms with van der Waals surface area (Å²) in [4.78, 5) is 15.8. The molecule has 0 aliphatic carbocycles. The molecule has 1 aromatic carbocycles. The van der Waals surface area contributed by atoms with Crippen molar-refractivity contribution in [2.45, 2.75) is 26.2 Å². The summed E-state index contributed by atoms with van der Waals surface area (Å²) in [6.07, 6.45) is 0. The van der Waals surface area contributed by atoms with Crippen LogP contribution < -0.4 is 10.6 Å². The van der Waals surface area contributed by atoms with Gasteiger partial charge >= 0.3 is 0 Å². The van der Waals surface area contributed by atoms with E-state index in [1.54, 1.807) is 7.05 Å². The predicted octanol–water partition coefficient (Wildman–Crippen LogP) is 2.38. The summed E-state index contributed by atoms with van der Waals surface area (Å²) >= 11 is 0. The van der Waals surface area contributed by atoms with Gasteiger partial charge in [0.15, 0.2) is 0 Å². The fraction of sp³-hybridized carbons (Fsp3) is 0.385. The van der Waals surface area contributed by atoms with Gasteiger partial charge in [-0.2, -0.15) is 0 Å². The van der Waals surface area contributed by atoms with Crippen molar-refractivity contribution >= 4 is 23.1 Å². The van der Waals surface area contributed by atoms with Crippen LogP contribution >= 0.6 is 0 Å². The van der Waals surface area contributed by atoms with E-state index >= 15 is 0 Å². The van der Waals surface area contributed by atoms with E-state index in [-0.39, 0.29) is 5.91 Å². The molecule has 1 amide bonds. The number of fused-ring (bicyclic) bond motifs is 1. The number of amidine groups is 1. The van der Waals surface area contributed by atoms with Crippen molar-refractivity contribution in [1.29, 1.82) is 0 Å². The topological polar surface area (TPSA) is 53.5 Å². The molecule has 0 atom stereocenters. The van der Waals surface area contributed by atoms with Gasteiger partial charge in [0.05, 0.1) is 11.3 Å². The Morgan fingerprint density at radius 3 is 2.76 bits per heavy atom. The van der Waals surface area contributed by atoms with Crippen molar-refractivity contribution in [2.24, 2.45) is 4.99 Å². The lowest BCUT2D eigenvalue weighted by atomic mass is 9.86. The molecule has 0 spiro atoms. The fourth-order valence-electron chi connectivity index (χ4n) is 1.94. The van der Waals surface area contributed by atoms with Gasteiger partial charge in [0.25, 0.3) is 0 Å². The van der Waals surface area contributed by atoms with Crippen LogP contribution in [0.15, 0.2) is 23.2 Å². The van der Waals surface area contributed by atoms with Crippen molar-refractivity contribution in [3.05, 3.63) is 23.8 Å². The monoisotopic (exact) mass is 231 g/mol. The Bertz CT molecular complexity index is 503. The number of rotatable bonds is 1. The molecule has 0 saturated heterocycles. The molecule has 0 unspecified atom stereocenters. The first-order valence-corrected chi connectivity index (χ1v) is 5.61. The zero-order valence-corrected chi connectivity index (χ0v) is 10.6. The highest BCUT2D eigenvalue weighted by Gasteiger charge is 2.38. The maximum Gasteiger partial charge on any atom is 0.234 e. The molecule has 1 heterocycles. The van der Waals surface area contributed by atoms with Crippen molar-refractivity contribution in [3.8, 4) is 0 Å². The van der Waals surface area contributed by atoms with Crippen molar-refractivity contribution in [1.82, 2.24) is 0 Å². The second-order valence-electron chi connectivity index (χ2n) is 4.77. The Morgan fingerprint density at radius 1 is 1.41 bits per heavy atom. The van der Waals surface area contributed by atoms with E-state index in [1.807, 2.05) is 39.0 Å². The van der Waals surface area contributed by atoms with E-state index in [9.17, 15) is 4.79 Å². The standard InChI is InChI=1S/C13H17N3O/c1-8(14-4)15-9-5-6-10-11(7-9)16-12(17)13(10,2)3/h5-7H,1-4H3,(H,14,15)(H,16,17). The lowest BCUT2D eigenvalue weighted by Crippen LogP contribution is -2.26. The third kappa shape index (κ3) is 1.90. The normalized spacial score (nSPS) is 17.6. The molecule has 0 fully saturated rings. The number of carbonyl (C=O) groups excluding carboxylic acids is 1. The maximum atomic E-state index is 11.8. The van der Waals surface area contributed by atoms with Crippen LogP contribution in [0.3, 0.4) is 0 Å². The van der Waals surface area contributed by atoms with Crippen LogP contribution in [0.4, 0.5) is 11.4 Å². The predicted molar refractivity (Wildman–Crippen MR) is 70.8 cm³/mol. The summed E-state index contributed by atoms with van der Waals surface area (Å²) in [7, 11) is 1.74. The molecule has 4 heteroatoms. The lowest BCUT2D eigenvalue weighted by Gasteiger charge is -2.15. The summed E-state index contributed by atoms with van der Waals surface area (Å²) in [5.41, 5.74) is 2.42. The van der Waals surface area contributed by atoms with Crippen LogP contribution in [-0.2, 0) is 10.2 Å². The van der Waals surface area contributed by atoms with Gasteiger partial charge < -0.3 is 10.6 Å². The quantitative estimate of drug-likeness (QED) is 0.576. The van der Waals surface area contributed by atoms with Gasteiger partial charge in [0.1, 0.15) is 0 Å². The number of nitrogens with zero attached hydrogens (tertiary/aromatic N) is 1. The molecule has 0 aromatic heterocycles. The number of aliphatic imine (C=N–C) groups is 1. The number of anilines is 2. The second kappa shape index (κ2) is 3.87. The summed E-state index contributed by atoms with van der Waals surface area (Å²) < 4.78 is 0. The first-order valence-electron chi connectivity index (χ1n) is 5.61. The highest BCUT2D eigenvalue weighted by molar-refractivity contribution is 6.06. The number of benzene rings is 1. The van der Waals surface area contributed by atoms with E-state index in [0.717, 1.165) is 22.8 Å². The summed E-state index contributed by atoms with van der Waals surface area (Å²) in [6.45, 7) is 5.76. The Kier molecular flexibility index (Phi) is 2.65. The number of amides is 1. The summed E-state index contributed by atoms with van der Waals surface area (Å²) in [6, 6.07) is 5.89. The minimum Gasteiger partial charge on any atom is -0.344 e. The molecular weight excluding hydrogens is 214 g/mol. The zero-order chi connectivity index (χ0) is 12.6. The number of carbonyl (C=O) groups is 1. The van der Waals surface area contributed by atoms with E-state index in [2.05, 4.69) is 15.6 Å². The first-order chi connectivity index (χ1) is 7.95. The van der Waals surface area contributed by atoms with Gasteiger partial charge in [-0.25, -0.2) is 0 Å². The first kappa shape index (κ1) is 11.6. The van der Waals surface area contributed by atoms with Gasteiger partial charge in [0.2, 0.25) is 5.91 Å². The third-order valence-corrected chi connectivity index (χ3v) is 3.17. The molecule has 0 bridgehead atoms. The number of nitrogens with one attached hydrogen (secondary N) is 2.